The number of hydrogen-bond donors (Lipinski definition) is 0. The normalized spacial score (nSPS) is 15.1. The average Bonchev–Trinajstić information content (AvgIpc) is 3.21. The van der Waals surface area contributed by atoms with Crippen LogP contribution in [-0.4, -0.2) is 25.8 Å². The van der Waals surface area contributed by atoms with Crippen molar-refractivity contribution in [1.82, 2.24) is 19.2 Å². The molecule has 0 aliphatic carbocycles. The zero-order valence-corrected chi connectivity index (χ0v) is 18.0. The van der Waals surface area contributed by atoms with Gasteiger partial charge in [0, 0.05) is 30.6 Å². The quantitative estimate of drug-likeness (QED) is 0.581. The predicted octanol–water partition coefficient (Wildman–Crippen LogP) is 4.99. The summed E-state index contributed by atoms with van der Waals surface area (Å²) in [4.78, 5) is 3.94. The Morgan fingerprint density at radius 1 is 1.15 bits per heavy atom. The first-order chi connectivity index (χ1) is 12.8. The van der Waals surface area contributed by atoms with Gasteiger partial charge in [-0.15, -0.1) is 11.3 Å². The highest BCUT2D eigenvalue weighted by Crippen LogP contribution is 2.26. The highest BCUT2D eigenvalue weighted by molar-refractivity contribution is 7.71. The van der Waals surface area contributed by atoms with Crippen LogP contribution in [-0.2, 0) is 32.1 Å². The molecular weight excluding hydrogens is 372 g/mol. The van der Waals surface area contributed by atoms with Crippen molar-refractivity contribution in [2.45, 2.75) is 45.8 Å². The van der Waals surface area contributed by atoms with Crippen LogP contribution in [0.3, 0.4) is 0 Å². The van der Waals surface area contributed by atoms with Gasteiger partial charge in [0.2, 0.25) is 0 Å². The Hall–Kier alpha value is -1.76. The van der Waals surface area contributed by atoms with Crippen LogP contribution in [0.1, 0.15) is 36.8 Å². The van der Waals surface area contributed by atoms with Gasteiger partial charge in [0.25, 0.3) is 0 Å². The molecule has 6 heteroatoms. The van der Waals surface area contributed by atoms with Crippen molar-refractivity contribution in [3.8, 4) is 11.4 Å². The van der Waals surface area contributed by atoms with Gasteiger partial charge in [-0.2, -0.15) is 5.10 Å². The molecule has 142 valence electrons. The fourth-order valence-electron chi connectivity index (χ4n) is 3.57. The summed E-state index contributed by atoms with van der Waals surface area (Å²) in [6, 6.07) is 10.9. The van der Waals surface area contributed by atoms with Crippen LogP contribution in [0.25, 0.3) is 11.4 Å². The van der Waals surface area contributed by atoms with Crippen molar-refractivity contribution in [2.75, 3.05) is 6.54 Å². The fourth-order valence-corrected chi connectivity index (χ4v) is 4.64. The Morgan fingerprint density at radius 3 is 2.59 bits per heavy atom. The smallest absolute Gasteiger partial charge is 0.199 e. The highest BCUT2D eigenvalue weighted by Gasteiger charge is 2.19. The third-order valence-corrected chi connectivity index (χ3v) is 6.78. The van der Waals surface area contributed by atoms with Crippen molar-refractivity contribution in [2.24, 2.45) is 7.05 Å². The van der Waals surface area contributed by atoms with Gasteiger partial charge in [-0.25, -0.2) is 4.68 Å². The lowest BCUT2D eigenvalue weighted by atomic mass is 9.87. The standard InChI is InChI=1S/C21H26N4S2/c1-21(2,3)17-7-5-15(6-8-17)19-22-25(20(26)23(19)4)14-24-11-9-18-16(13-24)10-12-27-18/h5-8,10,12H,9,11,13-14H2,1-4H3. The van der Waals surface area contributed by atoms with Crippen LogP contribution in [0.4, 0.5) is 0 Å². The molecule has 1 aromatic carbocycles. The molecule has 0 saturated carbocycles. The molecule has 27 heavy (non-hydrogen) atoms. The summed E-state index contributed by atoms with van der Waals surface area (Å²) < 4.78 is 4.74. The van der Waals surface area contributed by atoms with Crippen LogP contribution in [0.15, 0.2) is 35.7 Å². The monoisotopic (exact) mass is 398 g/mol. The molecule has 0 saturated heterocycles. The number of hydrogen-bond acceptors (Lipinski definition) is 4. The van der Waals surface area contributed by atoms with Gasteiger partial charge in [0.15, 0.2) is 10.6 Å². The molecule has 0 N–H and O–H groups in total. The Kier molecular flexibility index (Phi) is 4.82. The van der Waals surface area contributed by atoms with Gasteiger partial charge < -0.3 is 4.57 Å². The molecular formula is C21H26N4S2. The molecule has 3 aromatic rings. The molecule has 0 radical (unpaired) electrons. The topological polar surface area (TPSA) is 26.0 Å². The largest absolute Gasteiger partial charge is 0.303 e. The second kappa shape index (κ2) is 7.00. The first-order valence-corrected chi connectivity index (χ1v) is 10.6. The molecule has 0 spiro atoms. The minimum absolute atomic E-state index is 0.151. The van der Waals surface area contributed by atoms with Crippen molar-refractivity contribution in [3.63, 3.8) is 0 Å². The highest BCUT2D eigenvalue weighted by atomic mass is 32.1. The molecule has 1 aliphatic heterocycles. The van der Waals surface area contributed by atoms with E-state index in [-0.39, 0.29) is 5.41 Å². The summed E-state index contributed by atoms with van der Waals surface area (Å²) in [7, 11) is 2.01. The van der Waals surface area contributed by atoms with E-state index >= 15 is 0 Å². The molecule has 0 unspecified atom stereocenters. The van der Waals surface area contributed by atoms with Gasteiger partial charge in [-0.05, 0) is 46.6 Å². The molecule has 0 fully saturated rings. The van der Waals surface area contributed by atoms with E-state index in [0.717, 1.165) is 42.3 Å². The first kappa shape index (κ1) is 18.6. The molecule has 4 nitrogen and oxygen atoms in total. The zero-order chi connectivity index (χ0) is 19.2. The SMILES string of the molecule is Cn1c(-c2ccc(C(C)(C)C)cc2)nn(CN2CCc3sccc3C2)c1=S. The lowest BCUT2D eigenvalue weighted by Gasteiger charge is -2.26. The Morgan fingerprint density at radius 2 is 1.89 bits per heavy atom. The number of fused-ring (bicyclic) bond motifs is 1. The van der Waals surface area contributed by atoms with Gasteiger partial charge in [0.1, 0.15) is 0 Å². The van der Waals surface area contributed by atoms with E-state index in [9.17, 15) is 0 Å². The minimum Gasteiger partial charge on any atom is -0.303 e. The van der Waals surface area contributed by atoms with Crippen LogP contribution in [0.2, 0.25) is 0 Å². The van der Waals surface area contributed by atoms with Gasteiger partial charge >= 0.3 is 0 Å². The fraction of sp³-hybridized carbons (Fsp3) is 0.429. The Labute approximate surface area is 170 Å². The molecule has 0 bridgehead atoms. The van der Waals surface area contributed by atoms with Crippen molar-refractivity contribution < 1.29 is 0 Å². The summed E-state index contributed by atoms with van der Waals surface area (Å²) >= 11 is 7.54. The molecule has 4 rings (SSSR count). The van der Waals surface area contributed by atoms with Crippen LogP contribution >= 0.6 is 23.6 Å². The summed E-state index contributed by atoms with van der Waals surface area (Å²) in [5, 5.41) is 7.04. The van der Waals surface area contributed by atoms with Crippen molar-refractivity contribution in [1.29, 1.82) is 0 Å². The zero-order valence-electron chi connectivity index (χ0n) is 16.4. The molecule has 1 aliphatic rings. The lowest BCUT2D eigenvalue weighted by molar-refractivity contribution is 0.189. The van der Waals surface area contributed by atoms with Crippen LogP contribution in [0.5, 0.6) is 0 Å². The third-order valence-electron chi connectivity index (χ3n) is 5.27. The van der Waals surface area contributed by atoms with Gasteiger partial charge in [0.05, 0.1) is 6.67 Å². The maximum absolute atomic E-state index is 5.67. The van der Waals surface area contributed by atoms with Gasteiger partial charge in [-0.1, -0.05) is 45.0 Å². The van der Waals surface area contributed by atoms with E-state index in [1.807, 2.05) is 27.6 Å². The van der Waals surface area contributed by atoms with Crippen molar-refractivity contribution in [3.05, 3.63) is 56.5 Å². The van der Waals surface area contributed by atoms with E-state index < -0.39 is 0 Å². The number of thiophene rings is 1. The summed E-state index contributed by atoms with van der Waals surface area (Å²) in [6.07, 6.45) is 1.12. The summed E-state index contributed by atoms with van der Waals surface area (Å²) in [5.74, 6) is 0.925. The minimum atomic E-state index is 0.151. The van der Waals surface area contributed by atoms with Crippen molar-refractivity contribution >= 4 is 23.6 Å². The maximum Gasteiger partial charge on any atom is 0.199 e. The molecule has 0 amide bonds. The maximum atomic E-state index is 5.67. The van der Waals surface area contributed by atoms with E-state index in [4.69, 9.17) is 17.3 Å². The van der Waals surface area contributed by atoms with Crippen LogP contribution < -0.4 is 0 Å². The van der Waals surface area contributed by atoms with Crippen LogP contribution in [0, 0.1) is 4.77 Å². The third kappa shape index (κ3) is 3.66. The summed E-state index contributed by atoms with van der Waals surface area (Å²) in [6.45, 7) is 9.47. The first-order valence-electron chi connectivity index (χ1n) is 9.35. The number of nitrogens with zero attached hydrogens (tertiary/aromatic N) is 4. The van der Waals surface area contributed by atoms with E-state index in [0.29, 0.717) is 0 Å². The molecule has 0 atom stereocenters. The average molecular weight is 399 g/mol. The van der Waals surface area contributed by atoms with E-state index in [2.05, 4.69) is 61.4 Å². The van der Waals surface area contributed by atoms with E-state index in [1.165, 1.54) is 16.0 Å². The second-order valence-electron chi connectivity index (χ2n) is 8.31. The molecule has 2 aromatic heterocycles. The Balaban J connectivity index is 1.57. The predicted molar refractivity (Wildman–Crippen MR) is 115 cm³/mol. The molecule has 3 heterocycles. The number of aromatic nitrogens is 3. The van der Waals surface area contributed by atoms with Gasteiger partial charge in [-0.3, -0.25) is 4.90 Å². The Bertz CT molecular complexity index is 1000. The lowest BCUT2D eigenvalue weighted by Crippen LogP contribution is -2.32. The summed E-state index contributed by atoms with van der Waals surface area (Å²) in [5.41, 5.74) is 4.03. The second-order valence-corrected chi connectivity index (χ2v) is 9.67. The number of benzene rings is 1. The van der Waals surface area contributed by atoms with E-state index in [1.54, 1.807) is 0 Å². The number of rotatable bonds is 3.